The number of amides is 1. The van der Waals surface area contributed by atoms with E-state index < -0.39 is 0 Å². The molecule has 1 aliphatic heterocycles. The van der Waals surface area contributed by atoms with E-state index in [1.54, 1.807) is 0 Å². The fraction of sp³-hybridized carbons (Fsp3) is 0.750. The zero-order valence-electron chi connectivity index (χ0n) is 13.9. The lowest BCUT2D eigenvalue weighted by Crippen LogP contribution is -2.32. The van der Waals surface area contributed by atoms with E-state index in [1.807, 2.05) is 0 Å². The van der Waals surface area contributed by atoms with Gasteiger partial charge in [-0.1, -0.05) is 13.8 Å². The Kier molecular flexibility index (Phi) is 6.86. The first-order chi connectivity index (χ1) is 10.8. The molecule has 22 heavy (non-hydrogen) atoms. The summed E-state index contributed by atoms with van der Waals surface area (Å²) in [5.74, 6) is -0.0567. The minimum Gasteiger partial charge on any atom is -0.351 e. The van der Waals surface area contributed by atoms with Crippen LogP contribution in [0.25, 0.3) is 0 Å². The second-order valence-corrected chi connectivity index (χ2v) is 5.91. The summed E-state index contributed by atoms with van der Waals surface area (Å²) in [4.78, 5) is 14.7. The number of hydrogen-bond donors (Lipinski definition) is 3. The van der Waals surface area contributed by atoms with Crippen LogP contribution in [-0.2, 0) is 13.0 Å². The average Bonchev–Trinajstić information content (AvgIpc) is 2.96. The molecule has 2 rings (SSSR count). The molecule has 0 saturated carbocycles. The van der Waals surface area contributed by atoms with Crippen LogP contribution < -0.4 is 10.6 Å². The third-order valence-corrected chi connectivity index (χ3v) is 4.04. The van der Waals surface area contributed by atoms with Gasteiger partial charge in [-0.15, -0.1) is 0 Å². The van der Waals surface area contributed by atoms with Crippen LogP contribution in [0, 0.1) is 0 Å². The number of carbonyl (C=O) groups is 1. The van der Waals surface area contributed by atoms with Crippen LogP contribution in [0.4, 0.5) is 0 Å². The van der Waals surface area contributed by atoms with Crippen molar-refractivity contribution in [2.75, 3.05) is 32.7 Å². The van der Waals surface area contributed by atoms with Crippen molar-refractivity contribution in [1.29, 1.82) is 0 Å². The molecule has 6 heteroatoms. The van der Waals surface area contributed by atoms with Crippen molar-refractivity contribution in [3.63, 3.8) is 0 Å². The van der Waals surface area contributed by atoms with E-state index >= 15 is 0 Å². The predicted octanol–water partition coefficient (Wildman–Crippen LogP) is 1.30. The Morgan fingerprint density at radius 3 is 2.77 bits per heavy atom. The molecule has 0 aliphatic carbocycles. The van der Waals surface area contributed by atoms with E-state index in [-0.39, 0.29) is 5.91 Å². The van der Waals surface area contributed by atoms with Gasteiger partial charge in [-0.3, -0.25) is 9.89 Å². The molecule has 0 bridgehead atoms. The molecule has 2 heterocycles. The highest BCUT2D eigenvalue weighted by atomic mass is 16.1. The minimum atomic E-state index is -0.0567. The van der Waals surface area contributed by atoms with Crippen molar-refractivity contribution in [3.05, 3.63) is 17.0 Å². The fourth-order valence-corrected chi connectivity index (χ4v) is 2.97. The van der Waals surface area contributed by atoms with Crippen molar-refractivity contribution in [1.82, 2.24) is 25.7 Å². The number of nitrogens with one attached hydrogen (secondary N) is 3. The SMILES string of the molecule is CCCN(CCC)CCCNC(=O)c1n[nH]c2c1CNCC2. The summed E-state index contributed by atoms with van der Waals surface area (Å²) >= 11 is 0. The van der Waals surface area contributed by atoms with Gasteiger partial charge in [0.1, 0.15) is 0 Å². The van der Waals surface area contributed by atoms with Crippen molar-refractivity contribution in [3.8, 4) is 0 Å². The van der Waals surface area contributed by atoms with Crippen molar-refractivity contribution in [2.45, 2.75) is 46.1 Å². The molecule has 0 saturated heterocycles. The number of fused-ring (bicyclic) bond motifs is 1. The highest BCUT2D eigenvalue weighted by Crippen LogP contribution is 2.14. The largest absolute Gasteiger partial charge is 0.351 e. The van der Waals surface area contributed by atoms with E-state index in [1.165, 1.54) is 12.8 Å². The van der Waals surface area contributed by atoms with Crippen molar-refractivity contribution in [2.24, 2.45) is 0 Å². The molecule has 1 amide bonds. The van der Waals surface area contributed by atoms with E-state index in [2.05, 4.69) is 39.6 Å². The molecule has 0 aromatic carbocycles. The van der Waals surface area contributed by atoms with Crippen LogP contribution in [0.5, 0.6) is 0 Å². The summed E-state index contributed by atoms with van der Waals surface area (Å²) in [5.41, 5.74) is 2.68. The first-order valence-electron chi connectivity index (χ1n) is 8.53. The number of H-pyrrole nitrogens is 1. The lowest BCUT2D eigenvalue weighted by Gasteiger charge is -2.20. The second kappa shape index (κ2) is 8.90. The minimum absolute atomic E-state index is 0.0567. The van der Waals surface area contributed by atoms with Crippen LogP contribution in [0.1, 0.15) is 54.9 Å². The third kappa shape index (κ3) is 4.55. The first-order valence-corrected chi connectivity index (χ1v) is 8.53. The average molecular weight is 307 g/mol. The molecule has 3 N–H and O–H groups in total. The maximum absolute atomic E-state index is 12.2. The highest BCUT2D eigenvalue weighted by Gasteiger charge is 2.21. The van der Waals surface area contributed by atoms with E-state index in [9.17, 15) is 4.79 Å². The predicted molar refractivity (Wildman–Crippen MR) is 88.0 cm³/mol. The molecular formula is C16H29N5O. The van der Waals surface area contributed by atoms with Gasteiger partial charge < -0.3 is 15.5 Å². The Morgan fingerprint density at radius 2 is 2.05 bits per heavy atom. The number of nitrogens with zero attached hydrogens (tertiary/aromatic N) is 2. The Labute approximate surface area is 133 Å². The van der Waals surface area contributed by atoms with Crippen LogP contribution in [0.2, 0.25) is 0 Å². The Bertz CT molecular complexity index is 465. The lowest BCUT2D eigenvalue weighted by atomic mass is 10.1. The van der Waals surface area contributed by atoms with Crippen molar-refractivity contribution < 1.29 is 4.79 Å². The Hall–Kier alpha value is -1.40. The Morgan fingerprint density at radius 1 is 1.27 bits per heavy atom. The van der Waals surface area contributed by atoms with Gasteiger partial charge in [0.25, 0.3) is 5.91 Å². The smallest absolute Gasteiger partial charge is 0.272 e. The van der Waals surface area contributed by atoms with Crippen LogP contribution in [0.15, 0.2) is 0 Å². The molecule has 124 valence electrons. The normalized spacial score (nSPS) is 14.1. The van der Waals surface area contributed by atoms with Gasteiger partial charge in [0, 0.05) is 37.3 Å². The monoisotopic (exact) mass is 307 g/mol. The molecule has 0 fully saturated rings. The van der Waals surface area contributed by atoms with Gasteiger partial charge in [-0.05, 0) is 38.9 Å². The summed E-state index contributed by atoms with van der Waals surface area (Å²) in [7, 11) is 0. The zero-order valence-corrected chi connectivity index (χ0v) is 13.9. The van der Waals surface area contributed by atoms with Gasteiger partial charge >= 0.3 is 0 Å². The molecule has 0 atom stereocenters. The number of aromatic amines is 1. The maximum atomic E-state index is 12.2. The standard InChI is InChI=1S/C16H29N5O/c1-3-9-21(10-4-2)11-5-7-18-16(22)15-13-12-17-8-6-14(13)19-20-15/h17H,3-12H2,1-2H3,(H,18,22)(H,19,20). The molecule has 0 spiro atoms. The number of rotatable bonds is 9. The summed E-state index contributed by atoms with van der Waals surface area (Å²) in [6.45, 7) is 10.1. The van der Waals surface area contributed by atoms with E-state index in [0.29, 0.717) is 12.2 Å². The van der Waals surface area contributed by atoms with E-state index in [0.717, 1.165) is 56.8 Å². The summed E-state index contributed by atoms with van der Waals surface area (Å²) < 4.78 is 0. The van der Waals surface area contributed by atoms with Crippen LogP contribution >= 0.6 is 0 Å². The molecule has 0 unspecified atom stereocenters. The molecule has 6 nitrogen and oxygen atoms in total. The first kappa shape index (κ1) is 17.0. The molecule has 1 aromatic heterocycles. The molecule has 1 aromatic rings. The highest BCUT2D eigenvalue weighted by molar-refractivity contribution is 5.94. The van der Waals surface area contributed by atoms with Gasteiger partial charge in [0.2, 0.25) is 0 Å². The third-order valence-electron chi connectivity index (χ3n) is 4.04. The summed E-state index contributed by atoms with van der Waals surface area (Å²) in [6.07, 6.45) is 4.26. The van der Waals surface area contributed by atoms with Crippen LogP contribution in [-0.4, -0.2) is 53.7 Å². The lowest BCUT2D eigenvalue weighted by molar-refractivity contribution is 0.0945. The quantitative estimate of drug-likeness (QED) is 0.601. The van der Waals surface area contributed by atoms with Crippen LogP contribution in [0.3, 0.4) is 0 Å². The summed E-state index contributed by atoms with van der Waals surface area (Å²) in [5, 5.41) is 13.5. The number of carbonyl (C=O) groups excluding carboxylic acids is 1. The zero-order chi connectivity index (χ0) is 15.8. The Balaban J connectivity index is 1.75. The summed E-state index contributed by atoms with van der Waals surface area (Å²) in [6, 6.07) is 0. The number of hydrogen-bond acceptors (Lipinski definition) is 4. The maximum Gasteiger partial charge on any atom is 0.272 e. The van der Waals surface area contributed by atoms with Gasteiger partial charge in [0.15, 0.2) is 5.69 Å². The van der Waals surface area contributed by atoms with Gasteiger partial charge in [0.05, 0.1) is 0 Å². The topological polar surface area (TPSA) is 73.0 Å². The van der Waals surface area contributed by atoms with Crippen molar-refractivity contribution >= 4 is 5.91 Å². The second-order valence-electron chi connectivity index (χ2n) is 5.91. The van der Waals surface area contributed by atoms with Gasteiger partial charge in [-0.25, -0.2) is 0 Å². The molecule has 1 aliphatic rings. The van der Waals surface area contributed by atoms with Gasteiger partial charge in [-0.2, -0.15) is 5.10 Å². The fourth-order valence-electron chi connectivity index (χ4n) is 2.97. The molecular weight excluding hydrogens is 278 g/mol. The van der Waals surface area contributed by atoms with E-state index in [4.69, 9.17) is 0 Å². The number of aromatic nitrogens is 2. The molecule has 0 radical (unpaired) electrons.